The normalized spacial score (nSPS) is 11.6. The first-order valence-electron chi connectivity index (χ1n) is 8.70. The minimum Gasteiger partial charge on any atom is -0.334 e. The molecule has 0 fully saturated rings. The van der Waals surface area contributed by atoms with E-state index in [-0.39, 0.29) is 5.49 Å². The van der Waals surface area contributed by atoms with Gasteiger partial charge < -0.3 is 14.1 Å². The summed E-state index contributed by atoms with van der Waals surface area (Å²) in [6, 6.07) is 5.93. The van der Waals surface area contributed by atoms with Crippen LogP contribution in [0.1, 0.15) is 5.56 Å². The molecule has 0 radical (unpaired) electrons. The molecule has 4 aromatic heterocycles. The lowest BCUT2D eigenvalue weighted by Crippen LogP contribution is -2.13. The van der Waals surface area contributed by atoms with Gasteiger partial charge in [0.1, 0.15) is 11.3 Å². The molecule has 0 aliphatic carbocycles. The van der Waals surface area contributed by atoms with Crippen LogP contribution in [0, 0.1) is 5.41 Å². The van der Waals surface area contributed by atoms with Gasteiger partial charge in [0.05, 0.1) is 40.3 Å². The van der Waals surface area contributed by atoms with Crippen molar-refractivity contribution in [2.75, 3.05) is 0 Å². The van der Waals surface area contributed by atoms with Crippen molar-refractivity contribution >= 4 is 45.4 Å². The average molecular weight is 425 g/mol. The van der Waals surface area contributed by atoms with Crippen LogP contribution in [-0.2, 0) is 13.6 Å². The molecule has 5 aromatic rings. The SMILES string of the molecule is Cn1cnc2cc(-c3nc4c([nH]3)c(=N)ncn4Cc3c(Cl)cncc3Cl)ccc21. The average Bonchev–Trinajstić information content (AvgIpc) is 3.31. The molecule has 4 heterocycles. The van der Waals surface area contributed by atoms with Crippen molar-refractivity contribution < 1.29 is 0 Å². The van der Waals surface area contributed by atoms with Crippen molar-refractivity contribution in [2.45, 2.75) is 6.54 Å². The van der Waals surface area contributed by atoms with Crippen molar-refractivity contribution in [3.63, 3.8) is 0 Å². The predicted molar refractivity (Wildman–Crippen MR) is 111 cm³/mol. The first kappa shape index (κ1) is 17.8. The number of H-pyrrole nitrogens is 1. The minimum absolute atomic E-state index is 0.112. The highest BCUT2D eigenvalue weighted by molar-refractivity contribution is 6.35. The molecule has 0 saturated heterocycles. The molecule has 0 atom stereocenters. The summed E-state index contributed by atoms with van der Waals surface area (Å²) in [5.74, 6) is 0.634. The van der Waals surface area contributed by atoms with Gasteiger partial charge in [-0.2, -0.15) is 0 Å². The van der Waals surface area contributed by atoms with Crippen LogP contribution < -0.4 is 5.49 Å². The summed E-state index contributed by atoms with van der Waals surface area (Å²) < 4.78 is 3.76. The van der Waals surface area contributed by atoms with E-state index in [1.54, 1.807) is 29.6 Å². The number of aromatic nitrogens is 7. The summed E-state index contributed by atoms with van der Waals surface area (Å²) in [6.07, 6.45) is 6.43. The molecule has 0 bridgehead atoms. The summed E-state index contributed by atoms with van der Waals surface area (Å²) >= 11 is 12.5. The van der Waals surface area contributed by atoms with E-state index in [2.05, 4.69) is 19.9 Å². The van der Waals surface area contributed by atoms with Crippen molar-refractivity contribution in [1.29, 1.82) is 5.41 Å². The fourth-order valence-electron chi connectivity index (χ4n) is 3.28. The molecule has 0 unspecified atom stereocenters. The Morgan fingerprint density at radius 3 is 2.69 bits per heavy atom. The lowest BCUT2D eigenvalue weighted by molar-refractivity contribution is 0.783. The largest absolute Gasteiger partial charge is 0.334 e. The maximum absolute atomic E-state index is 8.16. The Balaban J connectivity index is 1.65. The van der Waals surface area contributed by atoms with Crippen LogP contribution in [0.4, 0.5) is 0 Å². The number of pyridine rings is 1. The maximum atomic E-state index is 8.16. The van der Waals surface area contributed by atoms with Gasteiger partial charge in [0.15, 0.2) is 11.1 Å². The van der Waals surface area contributed by atoms with Crippen molar-refractivity contribution in [3.8, 4) is 11.4 Å². The topological polar surface area (TPSA) is 101 Å². The molecule has 0 spiro atoms. The van der Waals surface area contributed by atoms with E-state index in [9.17, 15) is 0 Å². The second-order valence-electron chi connectivity index (χ2n) is 6.65. The van der Waals surface area contributed by atoms with Crippen molar-refractivity contribution in [2.24, 2.45) is 7.05 Å². The molecule has 0 aliphatic heterocycles. The van der Waals surface area contributed by atoms with E-state index in [1.807, 2.05) is 29.8 Å². The lowest BCUT2D eigenvalue weighted by atomic mass is 10.2. The van der Waals surface area contributed by atoms with Gasteiger partial charge in [0.2, 0.25) is 0 Å². The van der Waals surface area contributed by atoms with Crippen LogP contribution >= 0.6 is 23.2 Å². The zero-order valence-electron chi connectivity index (χ0n) is 15.2. The number of imidazole rings is 2. The summed E-state index contributed by atoms with van der Waals surface area (Å²) in [4.78, 5) is 20.5. The number of fused-ring (bicyclic) bond motifs is 2. The zero-order chi connectivity index (χ0) is 20.1. The number of nitrogens with zero attached hydrogens (tertiary/aromatic N) is 6. The molecule has 5 rings (SSSR count). The number of hydrogen-bond acceptors (Lipinski definition) is 5. The van der Waals surface area contributed by atoms with Gasteiger partial charge in [0, 0.05) is 30.6 Å². The summed E-state index contributed by atoms with van der Waals surface area (Å²) in [6.45, 7) is 0.355. The quantitative estimate of drug-likeness (QED) is 0.462. The van der Waals surface area contributed by atoms with Crippen molar-refractivity contribution in [1.82, 2.24) is 34.1 Å². The van der Waals surface area contributed by atoms with Gasteiger partial charge in [-0.15, -0.1) is 0 Å². The molecule has 0 aliphatic rings. The molecular weight excluding hydrogens is 411 g/mol. The minimum atomic E-state index is 0.112. The van der Waals surface area contributed by atoms with Crippen LogP contribution in [0.3, 0.4) is 0 Å². The Morgan fingerprint density at radius 2 is 1.90 bits per heavy atom. The highest BCUT2D eigenvalue weighted by Gasteiger charge is 2.14. The Hall–Kier alpha value is -3.23. The molecule has 0 saturated carbocycles. The second-order valence-corrected chi connectivity index (χ2v) is 7.46. The fraction of sp³-hybridized carbons (Fsp3) is 0.105. The molecule has 29 heavy (non-hydrogen) atoms. The molecule has 1 aromatic carbocycles. The molecule has 10 heteroatoms. The standard InChI is InChI=1S/C19H14Cl2N8/c1-28-8-24-14-4-10(2-3-15(14)28)18-26-16-17(22)25-9-29(19(16)27-18)7-11-12(20)5-23-6-13(11)21/h2-6,8-9,22H,7H2,1H3,(H,26,27). The Bertz CT molecular complexity index is 1430. The van der Waals surface area contributed by atoms with Gasteiger partial charge in [-0.3, -0.25) is 10.4 Å². The number of halogens is 2. The maximum Gasteiger partial charge on any atom is 0.173 e. The zero-order valence-corrected chi connectivity index (χ0v) is 16.7. The number of nitrogens with one attached hydrogen (secondary N) is 2. The van der Waals surface area contributed by atoms with Crippen LogP contribution in [0.2, 0.25) is 10.0 Å². The summed E-state index contributed by atoms with van der Waals surface area (Å²) in [7, 11) is 1.95. The highest BCUT2D eigenvalue weighted by Crippen LogP contribution is 2.26. The molecule has 8 nitrogen and oxygen atoms in total. The third-order valence-corrected chi connectivity index (χ3v) is 5.45. The molecule has 144 valence electrons. The summed E-state index contributed by atoms with van der Waals surface area (Å²) in [5, 5.41) is 9.09. The van der Waals surface area contributed by atoms with Crippen LogP contribution in [0.25, 0.3) is 33.6 Å². The number of rotatable bonds is 3. The van der Waals surface area contributed by atoms with Crippen molar-refractivity contribution in [3.05, 3.63) is 64.3 Å². The highest BCUT2D eigenvalue weighted by atomic mass is 35.5. The third-order valence-electron chi connectivity index (χ3n) is 4.80. The molecule has 2 N–H and O–H groups in total. The smallest absolute Gasteiger partial charge is 0.173 e. The Morgan fingerprint density at radius 1 is 1.10 bits per heavy atom. The Kier molecular flexibility index (Phi) is 4.11. The van der Waals surface area contributed by atoms with E-state index in [0.29, 0.717) is 39.1 Å². The third kappa shape index (κ3) is 2.97. The van der Waals surface area contributed by atoms with Gasteiger partial charge >= 0.3 is 0 Å². The van der Waals surface area contributed by atoms with Crippen LogP contribution in [0.15, 0.2) is 43.2 Å². The van der Waals surface area contributed by atoms with E-state index >= 15 is 0 Å². The van der Waals surface area contributed by atoms with Gasteiger partial charge in [-0.1, -0.05) is 23.2 Å². The number of aryl methyl sites for hydroxylation is 1. The van der Waals surface area contributed by atoms with Gasteiger partial charge in [-0.05, 0) is 18.2 Å². The van der Waals surface area contributed by atoms with E-state index in [4.69, 9.17) is 33.6 Å². The number of hydrogen-bond donors (Lipinski definition) is 2. The van der Waals surface area contributed by atoms with Gasteiger partial charge in [-0.25, -0.2) is 15.0 Å². The molecule has 0 amide bonds. The first-order valence-corrected chi connectivity index (χ1v) is 9.46. The number of benzene rings is 1. The lowest BCUT2D eigenvalue weighted by Gasteiger charge is -2.09. The molecular formula is C19H14Cl2N8. The van der Waals surface area contributed by atoms with Crippen LogP contribution in [0.5, 0.6) is 0 Å². The summed E-state index contributed by atoms with van der Waals surface area (Å²) in [5.41, 5.74) is 4.73. The fourth-order valence-corrected chi connectivity index (χ4v) is 3.76. The Labute approximate surface area is 174 Å². The predicted octanol–water partition coefficient (Wildman–Crippen LogP) is 3.54. The van der Waals surface area contributed by atoms with E-state index in [0.717, 1.165) is 16.6 Å². The first-order chi connectivity index (χ1) is 14.0. The van der Waals surface area contributed by atoms with Gasteiger partial charge in [0.25, 0.3) is 0 Å². The van der Waals surface area contributed by atoms with E-state index in [1.165, 1.54) is 0 Å². The monoisotopic (exact) mass is 424 g/mol. The van der Waals surface area contributed by atoms with Crippen LogP contribution in [-0.4, -0.2) is 34.1 Å². The number of aromatic amines is 1. The second kappa shape index (κ2) is 6.68. The van der Waals surface area contributed by atoms with E-state index < -0.39 is 0 Å².